The number of fused-ring (bicyclic) bond motifs is 4. The molecule has 0 atom stereocenters. The van der Waals surface area contributed by atoms with Gasteiger partial charge in [0.05, 0.1) is 5.69 Å². The first kappa shape index (κ1) is 45.4. The van der Waals surface area contributed by atoms with E-state index in [9.17, 15) is 0 Å². The van der Waals surface area contributed by atoms with Gasteiger partial charge in [0.2, 0.25) is 0 Å². The average molecular weight is 966 g/mol. The molecule has 3 heterocycles. The molecule has 0 saturated heterocycles. The zero-order valence-electron chi connectivity index (χ0n) is 42.6. The first-order valence-electron chi connectivity index (χ1n) is 27.7. The van der Waals surface area contributed by atoms with Crippen LogP contribution in [0.5, 0.6) is 0 Å². The Labute approximate surface area is 443 Å². The van der Waals surface area contributed by atoms with Crippen LogP contribution in [0.15, 0.2) is 231 Å². The molecule has 14 rings (SSSR count). The van der Waals surface area contributed by atoms with Gasteiger partial charge in [0.25, 0.3) is 6.71 Å². The van der Waals surface area contributed by atoms with E-state index in [0.29, 0.717) is 11.8 Å². The Hall–Kier alpha value is -8.21. The minimum atomic E-state index is -0.0112. The fraction of sp³-hybridized carbons (Fsp3) is 0.169. The second-order valence-electron chi connectivity index (χ2n) is 21.6. The van der Waals surface area contributed by atoms with Crippen molar-refractivity contribution in [2.45, 2.75) is 76.0 Å². The zero-order valence-corrected chi connectivity index (χ0v) is 42.6. The van der Waals surface area contributed by atoms with E-state index in [1.165, 1.54) is 159 Å². The molecule has 75 heavy (non-hydrogen) atoms. The van der Waals surface area contributed by atoms with E-state index in [1.54, 1.807) is 0 Å². The lowest BCUT2D eigenvalue weighted by Crippen LogP contribution is -2.61. The van der Waals surface area contributed by atoms with Gasteiger partial charge in [0.15, 0.2) is 0 Å². The van der Waals surface area contributed by atoms with Crippen molar-refractivity contribution in [3.63, 3.8) is 0 Å². The van der Waals surface area contributed by atoms with Gasteiger partial charge in [-0.15, -0.1) is 0 Å². The van der Waals surface area contributed by atoms with E-state index in [-0.39, 0.29) is 6.71 Å². The highest BCUT2D eigenvalue weighted by molar-refractivity contribution is 7.00. The predicted octanol–water partition coefficient (Wildman–Crippen LogP) is 17.6. The summed E-state index contributed by atoms with van der Waals surface area (Å²) in [4.78, 5) is 10.4. The van der Waals surface area contributed by atoms with E-state index < -0.39 is 0 Å². The molecule has 0 N–H and O–H groups in total. The molecule has 0 radical (unpaired) electrons. The van der Waals surface area contributed by atoms with Gasteiger partial charge >= 0.3 is 0 Å². The highest BCUT2D eigenvalue weighted by atomic mass is 15.2. The van der Waals surface area contributed by atoms with Gasteiger partial charge < -0.3 is 9.80 Å². The minimum absolute atomic E-state index is 0.0112. The van der Waals surface area contributed by atoms with Crippen LogP contribution in [0.2, 0.25) is 0 Å². The van der Waals surface area contributed by atoms with Crippen LogP contribution >= 0.6 is 0 Å². The lowest BCUT2D eigenvalue weighted by molar-refractivity contribution is 0.444. The molecule has 1 aromatic heterocycles. The summed E-state index contributed by atoms with van der Waals surface area (Å²) in [5, 5.41) is 0. The summed E-state index contributed by atoms with van der Waals surface area (Å²) in [7, 11) is 0. The van der Waals surface area contributed by atoms with E-state index in [0.717, 1.165) is 22.6 Å². The Morgan fingerprint density at radius 1 is 0.320 bits per heavy atom. The Morgan fingerprint density at radius 3 is 1.08 bits per heavy atom. The van der Waals surface area contributed by atoms with Crippen molar-refractivity contribution in [1.82, 2.24) is 4.98 Å². The minimum Gasteiger partial charge on any atom is -0.311 e. The van der Waals surface area contributed by atoms with Crippen LogP contribution < -0.4 is 26.2 Å². The maximum atomic E-state index is 5.12. The zero-order chi connectivity index (χ0) is 49.7. The number of hydrogen-bond acceptors (Lipinski definition) is 3. The number of rotatable bonds is 9. The molecule has 0 unspecified atom stereocenters. The largest absolute Gasteiger partial charge is 0.311 e. The highest BCUT2D eigenvalue weighted by Gasteiger charge is 2.44. The summed E-state index contributed by atoms with van der Waals surface area (Å²) in [6, 6.07) is 84.9. The summed E-state index contributed by atoms with van der Waals surface area (Å²) in [6.45, 7) is -0.0112. The molecule has 4 aliphatic rings. The summed E-state index contributed by atoms with van der Waals surface area (Å²) < 4.78 is 0. The third kappa shape index (κ3) is 8.47. The third-order valence-electron chi connectivity index (χ3n) is 17.0. The van der Waals surface area contributed by atoms with Crippen LogP contribution in [0, 0.1) is 0 Å². The van der Waals surface area contributed by atoms with E-state index in [1.807, 2.05) is 12.3 Å². The van der Waals surface area contributed by atoms with E-state index in [2.05, 4.69) is 228 Å². The fourth-order valence-electron chi connectivity index (χ4n) is 13.3. The first-order valence-corrected chi connectivity index (χ1v) is 27.7. The van der Waals surface area contributed by atoms with Crippen molar-refractivity contribution in [2.24, 2.45) is 0 Å². The molecule has 0 bridgehead atoms. The lowest BCUT2D eigenvalue weighted by Gasteiger charge is -2.45. The van der Waals surface area contributed by atoms with Gasteiger partial charge in [-0.05, 0) is 182 Å². The van der Waals surface area contributed by atoms with Gasteiger partial charge in [0, 0.05) is 45.9 Å². The second-order valence-corrected chi connectivity index (χ2v) is 21.6. The standard InChI is InChI=1S/C71H60BN3/c1-7-21-49(22-8-1)55-34-36-64-67(45-55)74(62-41-57(51-25-11-3-12-26-51)39-58(42-62)52-27-13-4-14-28-52)69-47-61(66-33-19-20-38-73-66)48-70-71(69)72(64)65-37-35-56(50-23-9-2-10-24-50)46-68(65)75(70)63-43-59(53-29-15-5-16-30-53)40-60(44-63)54-31-17-6-18-32-54/h3-6,11-20,25-50H,1-2,7-10,21-24H2. The van der Waals surface area contributed by atoms with Crippen molar-refractivity contribution in [3.05, 3.63) is 242 Å². The van der Waals surface area contributed by atoms with E-state index >= 15 is 0 Å². The molecule has 2 fully saturated rings. The molecule has 2 saturated carbocycles. The first-order chi connectivity index (χ1) is 37.2. The maximum Gasteiger partial charge on any atom is 0.252 e. The van der Waals surface area contributed by atoms with Crippen molar-refractivity contribution in [2.75, 3.05) is 9.80 Å². The molecular weight excluding hydrogens is 906 g/mol. The molecule has 0 spiro atoms. The summed E-state index contributed by atoms with van der Waals surface area (Å²) in [6.07, 6.45) is 14.7. The number of hydrogen-bond donors (Lipinski definition) is 0. The summed E-state index contributed by atoms with van der Waals surface area (Å²) in [5.74, 6) is 1.09. The Morgan fingerprint density at radius 2 is 0.707 bits per heavy atom. The Bertz CT molecular complexity index is 3340. The van der Waals surface area contributed by atoms with Crippen molar-refractivity contribution < 1.29 is 0 Å². The molecule has 2 aliphatic carbocycles. The van der Waals surface area contributed by atoms with Crippen molar-refractivity contribution >= 4 is 57.2 Å². The molecule has 2 aliphatic heterocycles. The SMILES string of the molecule is c1ccc(-c2cc(-c3ccccc3)cc(N3c4cc(C5CCCCC5)ccc4B4c5ccc(C6CCCCC6)cc5N(c5cc(-c6ccccc6)cc(-c6ccccc6)c5)c5cc(-c6ccccn6)cc3c54)c2)cc1. The Kier molecular flexibility index (Phi) is 11.9. The van der Waals surface area contributed by atoms with Crippen LogP contribution in [0.25, 0.3) is 55.8 Å². The van der Waals surface area contributed by atoms with Gasteiger partial charge in [-0.3, -0.25) is 4.98 Å². The van der Waals surface area contributed by atoms with Crippen LogP contribution in [0.1, 0.15) is 87.2 Å². The van der Waals surface area contributed by atoms with E-state index in [4.69, 9.17) is 4.98 Å². The maximum absolute atomic E-state index is 5.12. The predicted molar refractivity (Wildman–Crippen MR) is 317 cm³/mol. The number of pyridine rings is 1. The van der Waals surface area contributed by atoms with Crippen LogP contribution in [0.4, 0.5) is 34.1 Å². The van der Waals surface area contributed by atoms with Gasteiger partial charge in [-0.25, -0.2) is 0 Å². The molecule has 362 valence electrons. The normalized spacial score (nSPS) is 15.3. The molecule has 0 amide bonds. The number of nitrogens with zero attached hydrogens (tertiary/aromatic N) is 3. The fourth-order valence-corrected chi connectivity index (χ4v) is 13.3. The molecule has 10 aromatic rings. The van der Waals surface area contributed by atoms with Gasteiger partial charge in [0.1, 0.15) is 0 Å². The van der Waals surface area contributed by atoms with Crippen molar-refractivity contribution in [1.29, 1.82) is 0 Å². The monoisotopic (exact) mass is 965 g/mol. The summed E-state index contributed by atoms with van der Waals surface area (Å²) in [5.41, 5.74) is 25.9. The highest BCUT2D eigenvalue weighted by Crippen LogP contribution is 2.50. The second kappa shape index (κ2) is 19.6. The molecular formula is C71H60BN3. The van der Waals surface area contributed by atoms with Crippen LogP contribution in [-0.2, 0) is 0 Å². The molecule has 3 nitrogen and oxygen atoms in total. The lowest BCUT2D eigenvalue weighted by atomic mass is 9.33. The topological polar surface area (TPSA) is 19.4 Å². The van der Waals surface area contributed by atoms with Gasteiger partial charge in [-0.1, -0.05) is 190 Å². The van der Waals surface area contributed by atoms with Crippen LogP contribution in [-0.4, -0.2) is 11.7 Å². The summed E-state index contributed by atoms with van der Waals surface area (Å²) >= 11 is 0. The Balaban J connectivity index is 1.09. The van der Waals surface area contributed by atoms with Crippen molar-refractivity contribution in [3.8, 4) is 55.8 Å². The number of benzene rings is 9. The third-order valence-corrected chi connectivity index (χ3v) is 17.0. The smallest absolute Gasteiger partial charge is 0.252 e. The quantitative estimate of drug-likeness (QED) is 0.134. The van der Waals surface area contributed by atoms with Gasteiger partial charge in [-0.2, -0.15) is 0 Å². The number of anilines is 6. The molecule has 4 heteroatoms. The molecule has 9 aromatic carbocycles. The van der Waals surface area contributed by atoms with Crippen LogP contribution in [0.3, 0.4) is 0 Å². The average Bonchev–Trinajstić information content (AvgIpc) is 3.50. The number of aromatic nitrogens is 1.